The Hall–Kier alpha value is -3.68. The van der Waals surface area contributed by atoms with Crippen molar-refractivity contribution in [1.82, 2.24) is 0 Å². The normalized spacial score (nSPS) is 23.2. The van der Waals surface area contributed by atoms with Gasteiger partial charge in [-0.2, -0.15) is 0 Å². The van der Waals surface area contributed by atoms with Gasteiger partial charge in [-0.1, -0.05) is 6.07 Å². The number of allylic oxidation sites excluding steroid dienone is 1. The van der Waals surface area contributed by atoms with E-state index < -0.39 is 5.97 Å². The lowest BCUT2D eigenvalue weighted by molar-refractivity contribution is -0.126. The topological polar surface area (TPSA) is 89.5 Å². The van der Waals surface area contributed by atoms with Gasteiger partial charge in [-0.25, -0.2) is 4.79 Å². The maximum absolute atomic E-state index is 13.2. The van der Waals surface area contributed by atoms with Crippen LogP contribution in [0.1, 0.15) is 35.2 Å². The summed E-state index contributed by atoms with van der Waals surface area (Å²) in [5.74, 6) is 1.59. The molecule has 172 valence electrons. The Morgan fingerprint density at radius 2 is 1.79 bits per heavy atom. The van der Waals surface area contributed by atoms with E-state index in [4.69, 9.17) is 28.4 Å². The molecule has 2 aliphatic heterocycles. The molecule has 1 aliphatic carbocycles. The van der Waals surface area contributed by atoms with E-state index in [0.717, 1.165) is 0 Å². The number of carbonyl (C=O) groups excluding carboxylic acids is 2. The summed E-state index contributed by atoms with van der Waals surface area (Å²) in [5.41, 5.74) is 1.62. The Labute approximate surface area is 191 Å². The molecule has 8 nitrogen and oxygen atoms in total. The first kappa shape index (κ1) is 21.2. The Morgan fingerprint density at radius 3 is 2.61 bits per heavy atom. The number of hydrogen-bond acceptors (Lipinski definition) is 8. The van der Waals surface area contributed by atoms with Crippen LogP contribution in [0.2, 0.25) is 0 Å². The maximum Gasteiger partial charge on any atom is 0.338 e. The summed E-state index contributed by atoms with van der Waals surface area (Å²) in [6, 6.07) is 10.3. The number of carbonyl (C=O) groups is 2. The van der Waals surface area contributed by atoms with Crippen molar-refractivity contribution in [3.05, 3.63) is 53.8 Å². The molecule has 2 aromatic carbocycles. The van der Waals surface area contributed by atoms with Crippen molar-refractivity contribution in [3.63, 3.8) is 0 Å². The second-order valence-corrected chi connectivity index (χ2v) is 8.15. The van der Waals surface area contributed by atoms with Crippen molar-refractivity contribution in [1.29, 1.82) is 0 Å². The molecular formula is C25H24O8. The highest BCUT2D eigenvalue weighted by Gasteiger charge is 2.41. The molecule has 3 unspecified atom stereocenters. The zero-order valence-electron chi connectivity index (χ0n) is 18.4. The molecule has 3 aliphatic rings. The monoisotopic (exact) mass is 452 g/mol. The fourth-order valence-electron chi connectivity index (χ4n) is 4.52. The molecular weight excluding hydrogens is 428 g/mol. The van der Waals surface area contributed by atoms with Crippen molar-refractivity contribution in [2.45, 2.75) is 31.5 Å². The Balaban J connectivity index is 1.26. The van der Waals surface area contributed by atoms with Crippen molar-refractivity contribution >= 4 is 17.3 Å². The third-order valence-electron chi connectivity index (χ3n) is 6.28. The quantitative estimate of drug-likeness (QED) is 0.634. The number of ketones is 1. The van der Waals surface area contributed by atoms with Crippen molar-refractivity contribution in [2.24, 2.45) is 5.92 Å². The summed E-state index contributed by atoms with van der Waals surface area (Å²) in [7, 11) is 3.12. The molecule has 0 saturated heterocycles. The molecule has 0 amide bonds. The highest BCUT2D eigenvalue weighted by Crippen LogP contribution is 2.39. The van der Waals surface area contributed by atoms with Crippen LogP contribution in [0, 0.1) is 5.92 Å². The van der Waals surface area contributed by atoms with Crippen LogP contribution in [-0.2, 0) is 14.3 Å². The van der Waals surface area contributed by atoms with Gasteiger partial charge in [0.2, 0.25) is 6.79 Å². The molecule has 33 heavy (non-hydrogen) atoms. The third-order valence-corrected chi connectivity index (χ3v) is 6.28. The first-order valence-corrected chi connectivity index (χ1v) is 10.8. The fraction of sp³-hybridized carbons (Fsp3) is 0.360. The van der Waals surface area contributed by atoms with Gasteiger partial charge in [-0.3, -0.25) is 4.79 Å². The zero-order valence-corrected chi connectivity index (χ0v) is 18.4. The third kappa shape index (κ3) is 3.97. The molecule has 1 fully saturated rings. The molecule has 0 N–H and O–H groups in total. The van der Waals surface area contributed by atoms with Crippen LogP contribution in [0.15, 0.2) is 42.7 Å². The van der Waals surface area contributed by atoms with E-state index in [1.54, 1.807) is 44.6 Å². The van der Waals surface area contributed by atoms with Gasteiger partial charge < -0.3 is 28.4 Å². The highest BCUT2D eigenvalue weighted by atomic mass is 16.7. The molecule has 0 aromatic heterocycles. The maximum atomic E-state index is 13.2. The summed E-state index contributed by atoms with van der Waals surface area (Å²) >= 11 is 0. The summed E-state index contributed by atoms with van der Waals surface area (Å²) in [5, 5.41) is 0. The van der Waals surface area contributed by atoms with Crippen LogP contribution in [0.25, 0.3) is 5.57 Å². The van der Waals surface area contributed by atoms with Crippen LogP contribution in [-0.4, -0.2) is 45.0 Å². The first-order valence-electron chi connectivity index (χ1n) is 10.8. The van der Waals surface area contributed by atoms with E-state index in [1.807, 2.05) is 6.07 Å². The Morgan fingerprint density at radius 1 is 0.970 bits per heavy atom. The number of fused-ring (bicyclic) bond motifs is 2. The van der Waals surface area contributed by atoms with E-state index in [1.165, 1.54) is 6.26 Å². The van der Waals surface area contributed by atoms with E-state index in [-0.39, 0.29) is 30.7 Å². The highest BCUT2D eigenvalue weighted by molar-refractivity contribution is 6.22. The zero-order chi connectivity index (χ0) is 22.9. The van der Waals surface area contributed by atoms with Crippen molar-refractivity contribution in [3.8, 4) is 23.0 Å². The SMILES string of the molecule is COc1ccc(C2=COC3CC(OC(=O)c4ccc5c(c4)OCO5)CCC3C2=O)cc1OC. The minimum Gasteiger partial charge on any atom is -0.496 e. The van der Waals surface area contributed by atoms with Crippen molar-refractivity contribution < 1.29 is 38.0 Å². The number of Topliss-reactive ketones (excluding diaryl/α,β-unsaturated/α-hetero) is 1. The summed E-state index contributed by atoms with van der Waals surface area (Å²) in [4.78, 5) is 25.8. The fourth-order valence-corrected chi connectivity index (χ4v) is 4.52. The number of rotatable bonds is 5. The number of ether oxygens (including phenoxy) is 6. The summed E-state index contributed by atoms with van der Waals surface area (Å²) < 4.78 is 32.9. The largest absolute Gasteiger partial charge is 0.496 e. The predicted molar refractivity (Wildman–Crippen MR) is 117 cm³/mol. The van der Waals surface area contributed by atoms with Crippen LogP contribution in [0.5, 0.6) is 23.0 Å². The lowest BCUT2D eigenvalue weighted by atomic mass is 9.78. The molecule has 2 aromatic rings. The van der Waals surface area contributed by atoms with Gasteiger partial charge in [0.1, 0.15) is 12.2 Å². The lowest BCUT2D eigenvalue weighted by Crippen LogP contribution is -2.42. The van der Waals surface area contributed by atoms with Gasteiger partial charge in [0.15, 0.2) is 28.8 Å². The Kier molecular flexibility index (Phi) is 5.58. The van der Waals surface area contributed by atoms with Crippen LogP contribution >= 0.6 is 0 Å². The molecule has 3 atom stereocenters. The second kappa shape index (κ2) is 8.69. The van der Waals surface area contributed by atoms with Gasteiger partial charge in [-0.05, 0) is 48.7 Å². The van der Waals surface area contributed by atoms with Crippen LogP contribution in [0.4, 0.5) is 0 Å². The molecule has 0 bridgehead atoms. The number of benzene rings is 2. The summed E-state index contributed by atoms with van der Waals surface area (Å²) in [6.07, 6.45) is 2.48. The number of esters is 1. The molecule has 8 heteroatoms. The van der Waals surface area contributed by atoms with Gasteiger partial charge >= 0.3 is 5.97 Å². The molecule has 0 radical (unpaired) electrons. The molecule has 2 heterocycles. The van der Waals surface area contributed by atoms with Gasteiger partial charge in [0.05, 0.1) is 37.5 Å². The lowest BCUT2D eigenvalue weighted by Gasteiger charge is -2.37. The van der Waals surface area contributed by atoms with E-state index in [0.29, 0.717) is 59.0 Å². The van der Waals surface area contributed by atoms with E-state index >= 15 is 0 Å². The minimum absolute atomic E-state index is 0.0269. The first-order chi connectivity index (χ1) is 16.1. The summed E-state index contributed by atoms with van der Waals surface area (Å²) in [6.45, 7) is 0.143. The average Bonchev–Trinajstić information content (AvgIpc) is 3.32. The standard InChI is InChI=1S/C25H24O8/c1-28-19-7-3-14(9-22(19)29-2)18-12-30-21-11-16(5-6-17(21)24(18)26)33-25(27)15-4-8-20-23(10-15)32-13-31-20/h3-4,7-10,12,16-17,21H,5-6,11,13H2,1-2H3. The molecule has 0 spiro atoms. The minimum atomic E-state index is -0.430. The predicted octanol–water partition coefficient (Wildman–Crippen LogP) is 3.77. The van der Waals surface area contributed by atoms with E-state index in [9.17, 15) is 9.59 Å². The Bertz CT molecular complexity index is 1120. The second-order valence-electron chi connectivity index (χ2n) is 8.15. The average molecular weight is 452 g/mol. The van der Waals surface area contributed by atoms with Crippen LogP contribution < -0.4 is 18.9 Å². The van der Waals surface area contributed by atoms with Crippen LogP contribution in [0.3, 0.4) is 0 Å². The van der Waals surface area contributed by atoms with Gasteiger partial charge in [-0.15, -0.1) is 0 Å². The van der Waals surface area contributed by atoms with Gasteiger partial charge in [0.25, 0.3) is 0 Å². The molecule has 5 rings (SSSR count). The van der Waals surface area contributed by atoms with Crippen molar-refractivity contribution in [2.75, 3.05) is 21.0 Å². The molecule has 1 saturated carbocycles. The number of methoxy groups -OCH3 is 2. The number of hydrogen-bond donors (Lipinski definition) is 0. The smallest absolute Gasteiger partial charge is 0.338 e. The van der Waals surface area contributed by atoms with E-state index in [2.05, 4.69) is 0 Å². The van der Waals surface area contributed by atoms with Gasteiger partial charge in [0, 0.05) is 6.42 Å².